The Labute approximate surface area is 240 Å². The molecular weight excluding hydrogens is 552 g/mol. The van der Waals surface area contributed by atoms with Gasteiger partial charge in [-0.3, -0.25) is 14.4 Å². The van der Waals surface area contributed by atoms with Crippen molar-refractivity contribution in [3.63, 3.8) is 0 Å². The number of amides is 1. The Hall–Kier alpha value is -4.45. The van der Waals surface area contributed by atoms with Crippen LogP contribution in [-0.2, 0) is 11.2 Å². The molecule has 11 nitrogen and oxygen atoms in total. The highest BCUT2D eigenvalue weighted by Crippen LogP contribution is 2.50. The standard InChI is InChI=1S/C29H28N4O7.ClH/c1-11-4-9-16-12(2)17-10-18-22(31)25(36)19(13(3)32-33-28(39)14-5-7-15(30)8-6-14)26(37)29(18,40)27(38)21(17)24(35)20(16)23(11)34;/h4-9,18,22,34-35,37,40H,10,30-31H2,1-3H3,(H,33,39);1H/b32-13+;/t18-,22+,29+;/m0./s1. The second-order valence-electron chi connectivity index (χ2n) is 10.3. The van der Waals surface area contributed by atoms with Crippen LogP contribution in [0.5, 0.6) is 11.5 Å². The van der Waals surface area contributed by atoms with E-state index in [1.807, 2.05) is 0 Å². The number of nitrogens with one attached hydrogen (secondary N) is 1. The molecule has 0 unspecified atom stereocenters. The molecule has 2 aliphatic carbocycles. The van der Waals surface area contributed by atoms with E-state index in [9.17, 15) is 34.8 Å². The van der Waals surface area contributed by atoms with Crippen molar-refractivity contribution in [2.24, 2.45) is 16.8 Å². The lowest BCUT2D eigenvalue weighted by Crippen LogP contribution is -2.63. The Morgan fingerprint density at radius 1 is 1.05 bits per heavy atom. The van der Waals surface area contributed by atoms with Gasteiger partial charge in [0.25, 0.3) is 5.91 Å². The van der Waals surface area contributed by atoms with Crippen molar-refractivity contribution >= 4 is 52.1 Å². The number of nitrogens with zero attached hydrogens (tertiary/aromatic N) is 1. The molecule has 3 aromatic carbocycles. The van der Waals surface area contributed by atoms with E-state index < -0.39 is 52.1 Å². The lowest BCUT2D eigenvalue weighted by molar-refractivity contribution is -0.122. The van der Waals surface area contributed by atoms with Crippen molar-refractivity contribution in [3.05, 3.63) is 75.5 Å². The zero-order chi connectivity index (χ0) is 29.3. The third kappa shape index (κ3) is 4.21. The summed E-state index contributed by atoms with van der Waals surface area (Å²) in [6.07, 6.45) is -0.115. The monoisotopic (exact) mass is 580 g/mol. The number of carbonyl (C=O) groups is 3. The zero-order valence-corrected chi connectivity index (χ0v) is 23.2. The van der Waals surface area contributed by atoms with Crippen LogP contribution in [0, 0.1) is 19.8 Å². The van der Waals surface area contributed by atoms with Crippen LogP contribution >= 0.6 is 12.4 Å². The Balaban J connectivity index is 0.00000387. The number of aliphatic hydroxyl groups excluding tert-OH is 1. The van der Waals surface area contributed by atoms with Gasteiger partial charge >= 0.3 is 0 Å². The minimum absolute atomic E-state index is 0. The fraction of sp³-hybridized carbons (Fsp3) is 0.241. The summed E-state index contributed by atoms with van der Waals surface area (Å²) in [5, 5.41) is 49.3. The summed E-state index contributed by atoms with van der Waals surface area (Å²) in [4.78, 5) is 39.7. The number of aromatic hydroxyl groups is 2. The van der Waals surface area contributed by atoms with Gasteiger partial charge in [-0.15, -0.1) is 12.4 Å². The molecule has 1 amide bonds. The third-order valence-electron chi connectivity index (χ3n) is 7.99. The number of carbonyl (C=O) groups excluding carboxylic acids is 3. The number of phenolic OH excluding ortho intramolecular Hbond substituents is 2. The average Bonchev–Trinajstić information content (AvgIpc) is 2.92. The van der Waals surface area contributed by atoms with Gasteiger partial charge in [-0.05, 0) is 73.5 Å². The summed E-state index contributed by atoms with van der Waals surface area (Å²) in [5.74, 6) is -5.48. The number of aryl methyl sites for hydroxylation is 2. The first-order chi connectivity index (χ1) is 18.8. The minimum atomic E-state index is -2.68. The fourth-order valence-electron chi connectivity index (χ4n) is 5.66. The smallest absolute Gasteiger partial charge is 0.271 e. The van der Waals surface area contributed by atoms with Crippen LogP contribution < -0.4 is 16.9 Å². The second-order valence-corrected chi connectivity index (χ2v) is 10.3. The molecule has 0 heterocycles. The van der Waals surface area contributed by atoms with E-state index in [2.05, 4.69) is 10.5 Å². The molecule has 3 aromatic rings. The number of hydrogen-bond acceptors (Lipinski definition) is 10. The number of rotatable bonds is 3. The minimum Gasteiger partial charge on any atom is -0.508 e. The molecule has 0 saturated carbocycles. The van der Waals surface area contributed by atoms with Crippen molar-refractivity contribution < 1.29 is 34.8 Å². The topological polar surface area (TPSA) is 209 Å². The van der Waals surface area contributed by atoms with Crippen molar-refractivity contribution in [2.45, 2.75) is 38.8 Å². The highest BCUT2D eigenvalue weighted by molar-refractivity contribution is 6.27. The maximum Gasteiger partial charge on any atom is 0.271 e. The average molecular weight is 581 g/mol. The summed E-state index contributed by atoms with van der Waals surface area (Å²) in [7, 11) is 0. The van der Waals surface area contributed by atoms with Gasteiger partial charge in [-0.25, -0.2) is 5.43 Å². The van der Waals surface area contributed by atoms with Gasteiger partial charge in [0.05, 0.1) is 28.3 Å². The number of Topliss-reactive ketones (excluding diaryl/α,β-unsaturated/α-hetero) is 2. The van der Waals surface area contributed by atoms with E-state index in [0.717, 1.165) is 0 Å². The van der Waals surface area contributed by atoms with Gasteiger partial charge in [0.15, 0.2) is 11.4 Å². The molecule has 5 rings (SSSR count). The highest BCUT2D eigenvalue weighted by Gasteiger charge is 2.60. The first-order valence-corrected chi connectivity index (χ1v) is 12.5. The molecule has 0 fully saturated rings. The Kier molecular flexibility index (Phi) is 7.34. The number of hydrazone groups is 1. The summed E-state index contributed by atoms with van der Waals surface area (Å²) in [6, 6.07) is 7.93. The van der Waals surface area contributed by atoms with Crippen molar-refractivity contribution in [2.75, 3.05) is 5.73 Å². The fourth-order valence-corrected chi connectivity index (χ4v) is 5.66. The van der Waals surface area contributed by atoms with E-state index in [1.54, 1.807) is 26.0 Å². The van der Waals surface area contributed by atoms with Crippen molar-refractivity contribution in [1.29, 1.82) is 0 Å². The first-order valence-electron chi connectivity index (χ1n) is 12.5. The molecule has 0 aromatic heterocycles. The van der Waals surface area contributed by atoms with Gasteiger partial charge in [-0.1, -0.05) is 12.1 Å². The third-order valence-corrected chi connectivity index (χ3v) is 7.99. The number of fused-ring (bicyclic) bond motifs is 3. The van der Waals surface area contributed by atoms with Gasteiger partial charge in [-0.2, -0.15) is 5.10 Å². The SMILES string of the molecule is C/C(=N\NC(=O)c1ccc(N)cc1)C1=C(O)[C@@]2(O)C(=O)c3c(c(C)c4ccc(C)c(O)c4c3O)C[C@H]2[C@@H](N)C1=O.Cl. The van der Waals surface area contributed by atoms with E-state index in [4.69, 9.17) is 11.5 Å². The molecule has 2 aliphatic rings. The maximum absolute atomic E-state index is 13.9. The molecule has 0 aliphatic heterocycles. The quantitative estimate of drug-likeness (QED) is 0.138. The van der Waals surface area contributed by atoms with Crippen LogP contribution in [-0.4, -0.2) is 55.3 Å². The Morgan fingerprint density at radius 2 is 1.68 bits per heavy atom. The van der Waals surface area contributed by atoms with Gasteiger partial charge < -0.3 is 31.9 Å². The number of hydrogen-bond donors (Lipinski definition) is 7. The van der Waals surface area contributed by atoms with Gasteiger partial charge in [0.1, 0.15) is 17.3 Å². The number of aliphatic hydroxyl groups is 2. The highest BCUT2D eigenvalue weighted by atomic mass is 35.5. The van der Waals surface area contributed by atoms with E-state index in [-0.39, 0.29) is 46.8 Å². The van der Waals surface area contributed by atoms with Crippen LogP contribution in [0.3, 0.4) is 0 Å². The molecule has 214 valence electrons. The van der Waals surface area contributed by atoms with E-state index in [0.29, 0.717) is 27.8 Å². The predicted octanol–water partition coefficient (Wildman–Crippen LogP) is 2.49. The predicted molar refractivity (Wildman–Crippen MR) is 155 cm³/mol. The summed E-state index contributed by atoms with van der Waals surface area (Å²) in [6.45, 7) is 4.64. The molecular formula is C29H29ClN4O7. The Bertz CT molecular complexity index is 1710. The van der Waals surface area contributed by atoms with E-state index >= 15 is 0 Å². The number of nitrogens with two attached hydrogens (primary N) is 2. The van der Waals surface area contributed by atoms with Crippen LogP contribution in [0.2, 0.25) is 0 Å². The number of anilines is 1. The summed E-state index contributed by atoms with van der Waals surface area (Å²) in [5.41, 5.74) is 12.6. The molecule has 0 spiro atoms. The van der Waals surface area contributed by atoms with Crippen LogP contribution in [0.1, 0.15) is 44.3 Å². The number of phenols is 2. The van der Waals surface area contributed by atoms with Crippen molar-refractivity contribution in [3.8, 4) is 11.5 Å². The number of ketones is 2. The second kappa shape index (κ2) is 10.2. The molecule has 12 heteroatoms. The number of benzene rings is 3. The normalized spacial score (nSPS) is 22.2. The van der Waals surface area contributed by atoms with Crippen LogP contribution in [0.4, 0.5) is 5.69 Å². The number of nitrogen functional groups attached to an aromatic ring is 1. The zero-order valence-electron chi connectivity index (χ0n) is 22.3. The first kappa shape index (κ1) is 29.5. The molecule has 0 bridgehead atoms. The van der Waals surface area contributed by atoms with Crippen LogP contribution in [0.15, 0.2) is 52.8 Å². The molecule has 3 atom stereocenters. The maximum atomic E-state index is 13.9. The lowest BCUT2D eigenvalue weighted by Gasteiger charge is -2.45. The van der Waals surface area contributed by atoms with Gasteiger partial charge in [0.2, 0.25) is 5.78 Å². The summed E-state index contributed by atoms with van der Waals surface area (Å²) < 4.78 is 0. The largest absolute Gasteiger partial charge is 0.508 e. The molecule has 9 N–H and O–H groups in total. The lowest BCUT2D eigenvalue weighted by atomic mass is 9.61. The number of halogens is 1. The molecule has 41 heavy (non-hydrogen) atoms. The van der Waals surface area contributed by atoms with Crippen LogP contribution in [0.25, 0.3) is 10.8 Å². The molecule has 0 radical (unpaired) electrons. The Morgan fingerprint density at radius 3 is 2.32 bits per heavy atom. The summed E-state index contributed by atoms with van der Waals surface area (Å²) >= 11 is 0. The molecule has 0 saturated heterocycles. The van der Waals surface area contributed by atoms with Gasteiger partial charge in [0, 0.05) is 17.2 Å². The van der Waals surface area contributed by atoms with E-state index in [1.165, 1.54) is 31.2 Å². The van der Waals surface area contributed by atoms with Crippen molar-refractivity contribution in [1.82, 2.24) is 5.43 Å².